The van der Waals surface area contributed by atoms with Crippen LogP contribution in [0.3, 0.4) is 0 Å². The molecule has 0 spiro atoms. The Bertz CT molecular complexity index is 516. The lowest BCUT2D eigenvalue weighted by Crippen LogP contribution is -2.46. The Hall–Kier alpha value is -1.67. The third kappa shape index (κ3) is 3.38. The maximum Gasteiger partial charge on any atom is 0.325 e. The maximum atomic E-state index is 12.1. The minimum absolute atomic E-state index is 0.0780. The van der Waals surface area contributed by atoms with Crippen molar-refractivity contribution in [3.63, 3.8) is 0 Å². The quantitative estimate of drug-likeness (QED) is 0.867. The molecule has 0 radical (unpaired) electrons. The van der Waals surface area contributed by atoms with Gasteiger partial charge in [0, 0.05) is 49.8 Å². The third-order valence-electron chi connectivity index (χ3n) is 3.96. The number of nitrogens with one attached hydrogen (secondary N) is 2. The van der Waals surface area contributed by atoms with Crippen LogP contribution < -0.4 is 10.6 Å². The van der Waals surface area contributed by atoms with Crippen molar-refractivity contribution in [3.8, 4) is 0 Å². The molecule has 0 saturated carbocycles. The normalized spacial score (nSPS) is 20.7. The van der Waals surface area contributed by atoms with Gasteiger partial charge in [-0.1, -0.05) is 0 Å². The molecule has 3 rings (SSSR count). The van der Waals surface area contributed by atoms with Gasteiger partial charge >= 0.3 is 12.1 Å². The van der Waals surface area contributed by atoms with Crippen molar-refractivity contribution < 1.29 is 14.0 Å². The summed E-state index contributed by atoms with van der Waals surface area (Å²) in [6.07, 6.45) is 3.37. The number of furan rings is 1. The highest BCUT2D eigenvalue weighted by Crippen LogP contribution is 2.24. The van der Waals surface area contributed by atoms with Crippen LogP contribution in [0.2, 0.25) is 0 Å². The van der Waals surface area contributed by atoms with Crippen LogP contribution in [0, 0.1) is 0 Å². The number of hydrogen-bond donors (Lipinski definition) is 2. The number of hydrogen-bond acceptors (Lipinski definition) is 5. The number of nitrogens with zero attached hydrogens (tertiary/aromatic N) is 2. The Kier molecular flexibility index (Phi) is 4.89. The summed E-state index contributed by atoms with van der Waals surface area (Å²) in [6, 6.07) is 1.34. The fraction of sp³-hybridized carbons (Fsp3) is 0.571. The fourth-order valence-corrected chi connectivity index (χ4v) is 3.69. The third-order valence-corrected chi connectivity index (χ3v) is 4.91. The Balaban J connectivity index is 1.62. The van der Waals surface area contributed by atoms with Crippen LogP contribution in [0.15, 0.2) is 23.0 Å². The molecule has 2 saturated heterocycles. The molecule has 1 unspecified atom stereocenters. The van der Waals surface area contributed by atoms with Gasteiger partial charge in [0.1, 0.15) is 0 Å². The molecular weight excluding hydrogens is 304 g/mol. The van der Waals surface area contributed by atoms with Gasteiger partial charge in [-0.3, -0.25) is 4.90 Å². The topological polar surface area (TPSA) is 77.8 Å². The number of carbonyl (C=O) groups is 2. The molecule has 2 aliphatic heterocycles. The molecule has 2 fully saturated rings. The van der Waals surface area contributed by atoms with Crippen LogP contribution in [0.4, 0.5) is 9.59 Å². The highest BCUT2D eigenvalue weighted by Gasteiger charge is 2.28. The highest BCUT2D eigenvalue weighted by molar-refractivity contribution is 7.99. The van der Waals surface area contributed by atoms with Gasteiger partial charge in [-0.25, -0.2) is 14.5 Å². The second kappa shape index (κ2) is 7.06. The minimum atomic E-state index is -0.338. The van der Waals surface area contributed by atoms with Crippen molar-refractivity contribution in [1.29, 1.82) is 0 Å². The summed E-state index contributed by atoms with van der Waals surface area (Å²) in [5.41, 5.74) is 1.05. The van der Waals surface area contributed by atoms with Crippen molar-refractivity contribution in [2.75, 3.05) is 44.2 Å². The number of rotatable bonds is 4. The summed E-state index contributed by atoms with van der Waals surface area (Å²) in [7, 11) is 0. The Morgan fingerprint density at radius 3 is 2.86 bits per heavy atom. The molecule has 1 atom stereocenters. The van der Waals surface area contributed by atoms with Gasteiger partial charge in [-0.15, -0.1) is 0 Å². The molecule has 8 heteroatoms. The van der Waals surface area contributed by atoms with E-state index in [1.165, 1.54) is 4.90 Å². The van der Waals surface area contributed by atoms with E-state index in [-0.39, 0.29) is 18.1 Å². The van der Waals surface area contributed by atoms with Crippen molar-refractivity contribution in [1.82, 2.24) is 20.4 Å². The smallest absolute Gasteiger partial charge is 0.325 e. The van der Waals surface area contributed by atoms with Crippen LogP contribution in [-0.2, 0) is 0 Å². The zero-order valence-electron chi connectivity index (χ0n) is 12.3. The number of urea groups is 2. The minimum Gasteiger partial charge on any atom is -0.472 e. The number of carbonyl (C=O) groups excluding carboxylic acids is 2. The molecule has 0 bridgehead atoms. The van der Waals surface area contributed by atoms with Gasteiger partial charge in [0.05, 0.1) is 18.6 Å². The van der Waals surface area contributed by atoms with Crippen LogP contribution in [0.25, 0.3) is 0 Å². The highest BCUT2D eigenvalue weighted by atomic mass is 32.2. The first-order valence-electron chi connectivity index (χ1n) is 7.43. The van der Waals surface area contributed by atoms with Gasteiger partial charge in [-0.05, 0) is 6.07 Å². The number of imide groups is 1. The summed E-state index contributed by atoms with van der Waals surface area (Å²) < 4.78 is 5.19. The zero-order valence-corrected chi connectivity index (χ0v) is 13.1. The summed E-state index contributed by atoms with van der Waals surface area (Å²) in [6.45, 7) is 3.37. The molecule has 22 heavy (non-hydrogen) atoms. The lowest BCUT2D eigenvalue weighted by atomic mass is 10.1. The maximum absolute atomic E-state index is 12.1. The van der Waals surface area contributed by atoms with E-state index in [4.69, 9.17) is 4.42 Å². The molecule has 4 amide bonds. The van der Waals surface area contributed by atoms with Gasteiger partial charge in [-0.2, -0.15) is 11.8 Å². The molecule has 7 nitrogen and oxygen atoms in total. The molecule has 2 aliphatic rings. The van der Waals surface area contributed by atoms with Gasteiger partial charge in [0.2, 0.25) is 0 Å². The zero-order chi connectivity index (χ0) is 15.4. The molecule has 0 aliphatic carbocycles. The van der Waals surface area contributed by atoms with E-state index in [2.05, 4.69) is 15.5 Å². The second-order valence-corrected chi connectivity index (χ2v) is 6.52. The van der Waals surface area contributed by atoms with E-state index in [0.29, 0.717) is 19.6 Å². The monoisotopic (exact) mass is 324 g/mol. The second-order valence-electron chi connectivity index (χ2n) is 5.29. The number of amides is 4. The Morgan fingerprint density at radius 1 is 1.41 bits per heavy atom. The average molecular weight is 324 g/mol. The van der Waals surface area contributed by atoms with Crippen LogP contribution in [0.5, 0.6) is 0 Å². The standard InChI is InChI=1S/C14H20N4O3S/c19-13-15-2-3-18(13)14(20)16-9-12(11-1-6-21-10-11)17-4-7-22-8-5-17/h1,6,10,12H,2-5,7-9H2,(H,15,19)(H,16,20). The predicted octanol–water partition coefficient (Wildman–Crippen LogP) is 1.10. The average Bonchev–Trinajstić information content (AvgIpc) is 3.20. The Morgan fingerprint density at radius 2 is 2.23 bits per heavy atom. The lowest BCUT2D eigenvalue weighted by molar-refractivity contribution is 0.186. The van der Waals surface area contributed by atoms with Crippen molar-refractivity contribution in [2.45, 2.75) is 6.04 Å². The SMILES string of the molecule is O=C1NCCN1C(=O)NCC(c1ccoc1)N1CCSCC1. The lowest BCUT2D eigenvalue weighted by Gasteiger charge is -2.34. The molecule has 120 valence electrons. The van der Waals surface area contributed by atoms with Crippen LogP contribution in [-0.4, -0.2) is 66.1 Å². The van der Waals surface area contributed by atoms with E-state index in [1.807, 2.05) is 17.8 Å². The molecule has 3 heterocycles. The van der Waals surface area contributed by atoms with Crippen molar-refractivity contribution in [2.24, 2.45) is 0 Å². The first-order valence-corrected chi connectivity index (χ1v) is 8.58. The summed E-state index contributed by atoms with van der Waals surface area (Å²) >= 11 is 1.94. The van der Waals surface area contributed by atoms with Gasteiger partial charge in [0.25, 0.3) is 0 Å². The van der Waals surface area contributed by atoms with Crippen molar-refractivity contribution in [3.05, 3.63) is 24.2 Å². The fourth-order valence-electron chi connectivity index (χ4n) is 2.76. The summed E-state index contributed by atoms with van der Waals surface area (Å²) in [5, 5.41) is 5.50. The summed E-state index contributed by atoms with van der Waals surface area (Å²) in [5.74, 6) is 2.19. The predicted molar refractivity (Wildman–Crippen MR) is 83.9 cm³/mol. The first kappa shape index (κ1) is 15.2. The molecule has 2 N–H and O–H groups in total. The van der Waals surface area contributed by atoms with Crippen molar-refractivity contribution >= 4 is 23.8 Å². The van der Waals surface area contributed by atoms with Crippen LogP contribution >= 0.6 is 11.8 Å². The molecule has 0 aromatic carbocycles. The number of thioether (sulfide) groups is 1. The largest absolute Gasteiger partial charge is 0.472 e. The Labute approximate surface area is 133 Å². The van der Waals surface area contributed by atoms with Crippen LogP contribution in [0.1, 0.15) is 11.6 Å². The van der Waals surface area contributed by atoms with E-state index in [1.54, 1.807) is 12.5 Å². The van der Waals surface area contributed by atoms with Gasteiger partial charge in [0.15, 0.2) is 0 Å². The molecular formula is C14H20N4O3S. The summed E-state index contributed by atoms with van der Waals surface area (Å²) in [4.78, 5) is 27.2. The van der Waals surface area contributed by atoms with E-state index in [0.717, 1.165) is 30.2 Å². The molecule has 1 aromatic heterocycles. The first-order chi connectivity index (χ1) is 10.8. The molecule has 1 aromatic rings. The van der Waals surface area contributed by atoms with Gasteiger partial charge < -0.3 is 15.1 Å². The van der Waals surface area contributed by atoms with E-state index < -0.39 is 0 Å². The van der Waals surface area contributed by atoms with E-state index in [9.17, 15) is 9.59 Å². The van der Waals surface area contributed by atoms with E-state index >= 15 is 0 Å².